The SMILES string of the molecule is NCC#Cc1csc(CN2CCCN(CCO)CC2)c1. The van der Waals surface area contributed by atoms with E-state index in [1.165, 1.54) is 11.3 Å². The predicted octanol–water partition coefficient (Wildman–Crippen LogP) is 0.558. The number of hydrogen-bond acceptors (Lipinski definition) is 5. The van der Waals surface area contributed by atoms with Gasteiger partial charge in [-0.15, -0.1) is 11.3 Å². The minimum atomic E-state index is 0.258. The van der Waals surface area contributed by atoms with Crippen LogP contribution in [0.25, 0.3) is 0 Å². The molecular weight excluding hydrogens is 270 g/mol. The Labute approximate surface area is 125 Å². The van der Waals surface area contributed by atoms with E-state index in [-0.39, 0.29) is 6.61 Å². The van der Waals surface area contributed by atoms with Gasteiger partial charge in [0.1, 0.15) is 0 Å². The standard InChI is InChI=1S/C15H23N3OS/c16-4-1-3-14-11-15(20-13-14)12-18-6-2-5-17(7-8-18)9-10-19/h11,13,19H,2,4-10,12,16H2. The van der Waals surface area contributed by atoms with Gasteiger partial charge in [-0.25, -0.2) is 0 Å². The molecule has 1 aromatic heterocycles. The second kappa shape index (κ2) is 8.40. The van der Waals surface area contributed by atoms with E-state index in [1.54, 1.807) is 11.3 Å². The van der Waals surface area contributed by atoms with Crippen LogP contribution in [0.4, 0.5) is 0 Å². The summed E-state index contributed by atoms with van der Waals surface area (Å²) in [6, 6.07) is 2.17. The number of hydrogen-bond donors (Lipinski definition) is 2. The summed E-state index contributed by atoms with van der Waals surface area (Å²) in [6.45, 7) is 6.81. The van der Waals surface area contributed by atoms with E-state index in [4.69, 9.17) is 10.8 Å². The fraction of sp³-hybridized carbons (Fsp3) is 0.600. The van der Waals surface area contributed by atoms with Crippen molar-refractivity contribution in [3.8, 4) is 11.8 Å². The van der Waals surface area contributed by atoms with Crippen molar-refractivity contribution >= 4 is 11.3 Å². The van der Waals surface area contributed by atoms with Crippen molar-refractivity contribution < 1.29 is 5.11 Å². The Bertz CT molecular complexity index is 463. The highest BCUT2D eigenvalue weighted by molar-refractivity contribution is 7.10. The van der Waals surface area contributed by atoms with Crippen LogP contribution in [-0.2, 0) is 6.54 Å². The minimum Gasteiger partial charge on any atom is -0.395 e. The van der Waals surface area contributed by atoms with Crippen LogP contribution in [0.3, 0.4) is 0 Å². The number of nitrogens with zero attached hydrogens (tertiary/aromatic N) is 2. The molecule has 4 nitrogen and oxygen atoms in total. The highest BCUT2D eigenvalue weighted by atomic mass is 32.1. The molecule has 5 heteroatoms. The van der Waals surface area contributed by atoms with E-state index in [9.17, 15) is 0 Å². The number of aliphatic hydroxyl groups is 1. The summed E-state index contributed by atoms with van der Waals surface area (Å²) in [4.78, 5) is 6.19. The number of aliphatic hydroxyl groups excluding tert-OH is 1. The van der Waals surface area contributed by atoms with E-state index < -0.39 is 0 Å². The lowest BCUT2D eigenvalue weighted by atomic mass is 10.3. The van der Waals surface area contributed by atoms with E-state index in [0.717, 1.165) is 44.8 Å². The third-order valence-electron chi connectivity index (χ3n) is 3.47. The molecule has 2 heterocycles. The highest BCUT2D eigenvalue weighted by Gasteiger charge is 2.14. The average molecular weight is 293 g/mol. The molecule has 0 atom stereocenters. The first-order valence-corrected chi connectivity index (χ1v) is 8.01. The summed E-state index contributed by atoms with van der Waals surface area (Å²) in [5.74, 6) is 5.97. The van der Waals surface area contributed by atoms with Crippen LogP contribution in [0.1, 0.15) is 16.9 Å². The predicted molar refractivity (Wildman–Crippen MR) is 83.7 cm³/mol. The molecule has 1 aliphatic heterocycles. The number of thiophene rings is 1. The van der Waals surface area contributed by atoms with Crippen molar-refractivity contribution in [3.05, 3.63) is 21.9 Å². The second-order valence-corrected chi connectivity index (χ2v) is 6.00. The topological polar surface area (TPSA) is 52.7 Å². The van der Waals surface area contributed by atoms with E-state index in [1.807, 2.05) is 0 Å². The van der Waals surface area contributed by atoms with Gasteiger partial charge in [0, 0.05) is 42.0 Å². The molecule has 110 valence electrons. The molecular formula is C15H23N3OS. The molecule has 0 bridgehead atoms. The van der Waals surface area contributed by atoms with Gasteiger partial charge in [0.2, 0.25) is 0 Å². The van der Waals surface area contributed by atoms with Gasteiger partial charge >= 0.3 is 0 Å². The zero-order valence-electron chi connectivity index (χ0n) is 11.8. The largest absolute Gasteiger partial charge is 0.395 e. The monoisotopic (exact) mass is 293 g/mol. The van der Waals surface area contributed by atoms with E-state index in [0.29, 0.717) is 6.54 Å². The summed E-state index contributed by atoms with van der Waals surface area (Å²) < 4.78 is 0. The third-order valence-corrected chi connectivity index (χ3v) is 4.39. The molecule has 20 heavy (non-hydrogen) atoms. The van der Waals surface area contributed by atoms with Crippen molar-refractivity contribution in [3.63, 3.8) is 0 Å². The lowest BCUT2D eigenvalue weighted by molar-refractivity contribution is 0.196. The molecule has 3 N–H and O–H groups in total. The maximum Gasteiger partial charge on any atom is 0.0558 e. The van der Waals surface area contributed by atoms with E-state index >= 15 is 0 Å². The molecule has 0 amide bonds. The van der Waals surface area contributed by atoms with E-state index in [2.05, 4.69) is 33.1 Å². The number of β-amino-alcohol motifs (C(OH)–C–C–N with tert-alkyl or cyclic N) is 1. The van der Waals surface area contributed by atoms with Gasteiger partial charge in [-0.1, -0.05) is 11.8 Å². The zero-order valence-corrected chi connectivity index (χ0v) is 12.7. The molecule has 1 saturated heterocycles. The second-order valence-electron chi connectivity index (χ2n) is 5.00. The van der Waals surface area contributed by atoms with Gasteiger partial charge in [-0.05, 0) is 25.6 Å². The lowest BCUT2D eigenvalue weighted by Gasteiger charge is -2.20. The smallest absolute Gasteiger partial charge is 0.0558 e. The molecule has 0 saturated carbocycles. The molecule has 0 aliphatic carbocycles. The fourth-order valence-electron chi connectivity index (χ4n) is 2.45. The molecule has 0 unspecified atom stereocenters. The maximum atomic E-state index is 9.01. The Morgan fingerprint density at radius 1 is 1.25 bits per heavy atom. The highest BCUT2D eigenvalue weighted by Crippen LogP contribution is 2.17. The summed E-state index contributed by atoms with van der Waals surface area (Å²) in [5.41, 5.74) is 6.46. The molecule has 1 aliphatic rings. The van der Waals surface area contributed by atoms with Gasteiger partial charge in [-0.3, -0.25) is 9.80 Å². The van der Waals surface area contributed by atoms with Crippen molar-refractivity contribution in [2.45, 2.75) is 13.0 Å². The molecule has 0 aromatic carbocycles. The molecule has 2 rings (SSSR count). The van der Waals surface area contributed by atoms with Crippen LogP contribution in [0, 0.1) is 11.8 Å². The molecule has 1 fully saturated rings. The average Bonchev–Trinajstić information content (AvgIpc) is 2.77. The summed E-state index contributed by atoms with van der Waals surface area (Å²) in [6.07, 6.45) is 1.17. The van der Waals surface area contributed by atoms with Gasteiger partial charge in [0.05, 0.1) is 13.2 Å². The number of rotatable bonds is 4. The first-order chi connectivity index (χ1) is 9.81. The summed E-state index contributed by atoms with van der Waals surface area (Å²) in [7, 11) is 0. The normalized spacial score (nSPS) is 17.5. The van der Waals surface area contributed by atoms with Gasteiger partial charge < -0.3 is 10.8 Å². The van der Waals surface area contributed by atoms with Crippen LogP contribution in [0.2, 0.25) is 0 Å². The van der Waals surface area contributed by atoms with Crippen molar-refractivity contribution in [1.82, 2.24) is 9.80 Å². The fourth-order valence-corrected chi connectivity index (χ4v) is 3.31. The summed E-state index contributed by atoms with van der Waals surface area (Å²) >= 11 is 1.77. The Hall–Kier alpha value is -0.900. The van der Waals surface area contributed by atoms with Crippen molar-refractivity contribution in [1.29, 1.82) is 0 Å². The Morgan fingerprint density at radius 2 is 2.05 bits per heavy atom. The lowest BCUT2D eigenvalue weighted by Crippen LogP contribution is -2.32. The summed E-state index contributed by atoms with van der Waals surface area (Å²) in [5, 5.41) is 11.1. The van der Waals surface area contributed by atoms with Crippen LogP contribution < -0.4 is 5.73 Å². The minimum absolute atomic E-state index is 0.258. The van der Waals surface area contributed by atoms with Crippen LogP contribution in [0.15, 0.2) is 11.4 Å². The van der Waals surface area contributed by atoms with Crippen molar-refractivity contribution in [2.24, 2.45) is 5.73 Å². The van der Waals surface area contributed by atoms with Gasteiger partial charge in [-0.2, -0.15) is 0 Å². The Morgan fingerprint density at radius 3 is 2.85 bits per heavy atom. The van der Waals surface area contributed by atoms with Crippen LogP contribution >= 0.6 is 11.3 Å². The molecule has 1 aromatic rings. The first-order valence-electron chi connectivity index (χ1n) is 7.13. The first kappa shape index (κ1) is 15.5. The quantitative estimate of drug-likeness (QED) is 0.797. The third kappa shape index (κ3) is 4.89. The van der Waals surface area contributed by atoms with Crippen LogP contribution in [-0.4, -0.2) is 60.8 Å². The maximum absolute atomic E-state index is 9.01. The van der Waals surface area contributed by atoms with Gasteiger partial charge in [0.15, 0.2) is 0 Å². The molecule has 0 spiro atoms. The van der Waals surface area contributed by atoms with Gasteiger partial charge in [0.25, 0.3) is 0 Å². The Balaban J connectivity index is 1.85. The van der Waals surface area contributed by atoms with Crippen molar-refractivity contribution in [2.75, 3.05) is 45.9 Å². The molecule has 0 radical (unpaired) electrons. The number of nitrogens with two attached hydrogens (primary N) is 1. The zero-order chi connectivity index (χ0) is 14.2. The van der Waals surface area contributed by atoms with Crippen LogP contribution in [0.5, 0.6) is 0 Å². The Kier molecular flexibility index (Phi) is 6.51.